The van der Waals surface area contributed by atoms with Crippen molar-refractivity contribution in [2.45, 2.75) is 13.3 Å². The van der Waals surface area contributed by atoms with Crippen LogP contribution in [0.15, 0.2) is 47.3 Å². The minimum absolute atomic E-state index is 0.274. The maximum atomic E-state index is 12.4. The molecule has 5 heteroatoms. The van der Waals surface area contributed by atoms with E-state index >= 15 is 0 Å². The van der Waals surface area contributed by atoms with Crippen LogP contribution in [-0.4, -0.2) is 35.0 Å². The summed E-state index contributed by atoms with van der Waals surface area (Å²) in [6.45, 7) is 2.04. The van der Waals surface area contributed by atoms with Gasteiger partial charge < -0.3 is 14.4 Å². The average Bonchev–Trinajstić information content (AvgIpc) is 3.00. The van der Waals surface area contributed by atoms with Gasteiger partial charge in [-0.15, -0.1) is 0 Å². The molecule has 0 aliphatic heterocycles. The molecule has 1 aromatic heterocycles. The maximum absolute atomic E-state index is 12.4. The molecule has 1 N–H and O–H groups in total. The molecule has 0 aliphatic rings. The number of carboxylic acid groups (broad SMARTS) is 1. The molecule has 0 unspecified atom stereocenters. The number of hydrogen-bond acceptors (Lipinski definition) is 3. The molecule has 0 aliphatic carbocycles. The molecule has 1 amide bonds. The third kappa shape index (κ3) is 3.72. The Morgan fingerprint density at radius 2 is 2.05 bits per heavy atom. The number of benzene rings is 1. The average molecular weight is 287 g/mol. The number of amides is 1. The standard InChI is InChI=1S/C16H17NO4/c1-2-7-17(10-15(18)19)16(20)13-5-3-4-12(9-13)14-6-8-21-11-14/h3-6,8-9,11H,2,7,10H2,1H3,(H,18,19). The first-order valence-corrected chi connectivity index (χ1v) is 6.75. The van der Waals surface area contributed by atoms with Crippen LogP contribution >= 0.6 is 0 Å². The summed E-state index contributed by atoms with van der Waals surface area (Å²) in [5.41, 5.74) is 2.22. The van der Waals surface area contributed by atoms with E-state index in [0.717, 1.165) is 11.1 Å². The predicted octanol–water partition coefficient (Wildman–Crippen LogP) is 2.88. The molecule has 2 rings (SSSR count). The van der Waals surface area contributed by atoms with Crippen molar-refractivity contribution in [3.05, 3.63) is 48.4 Å². The lowest BCUT2D eigenvalue weighted by Gasteiger charge is -2.20. The fourth-order valence-electron chi connectivity index (χ4n) is 2.13. The van der Waals surface area contributed by atoms with Crippen molar-refractivity contribution in [3.63, 3.8) is 0 Å². The third-order valence-electron chi connectivity index (χ3n) is 3.07. The van der Waals surface area contributed by atoms with E-state index in [1.807, 2.05) is 19.1 Å². The lowest BCUT2D eigenvalue weighted by molar-refractivity contribution is -0.137. The van der Waals surface area contributed by atoms with Crippen molar-refractivity contribution in [1.82, 2.24) is 4.90 Å². The number of carbonyl (C=O) groups excluding carboxylic acids is 1. The van der Waals surface area contributed by atoms with E-state index in [-0.39, 0.29) is 12.5 Å². The smallest absolute Gasteiger partial charge is 0.323 e. The fraction of sp³-hybridized carbons (Fsp3) is 0.250. The second-order valence-electron chi connectivity index (χ2n) is 4.71. The van der Waals surface area contributed by atoms with Crippen LogP contribution in [0.25, 0.3) is 11.1 Å². The number of carboxylic acids is 1. The summed E-state index contributed by atoms with van der Waals surface area (Å²) in [7, 11) is 0. The Kier molecular flexibility index (Phi) is 4.77. The Labute approximate surface area is 122 Å². The highest BCUT2D eigenvalue weighted by molar-refractivity contribution is 5.96. The molecule has 21 heavy (non-hydrogen) atoms. The monoisotopic (exact) mass is 287 g/mol. The van der Waals surface area contributed by atoms with E-state index in [2.05, 4.69) is 0 Å². The summed E-state index contributed by atoms with van der Waals surface area (Å²) in [6.07, 6.45) is 3.88. The van der Waals surface area contributed by atoms with Crippen LogP contribution < -0.4 is 0 Å². The lowest BCUT2D eigenvalue weighted by atomic mass is 10.1. The number of carbonyl (C=O) groups is 2. The zero-order valence-corrected chi connectivity index (χ0v) is 11.8. The SMILES string of the molecule is CCCN(CC(=O)O)C(=O)c1cccc(-c2ccoc2)c1. The first-order valence-electron chi connectivity index (χ1n) is 6.75. The summed E-state index contributed by atoms with van der Waals surface area (Å²) in [5.74, 6) is -1.28. The van der Waals surface area contributed by atoms with Crippen LogP contribution in [0.5, 0.6) is 0 Å². The topological polar surface area (TPSA) is 70.8 Å². The van der Waals surface area contributed by atoms with Crippen molar-refractivity contribution < 1.29 is 19.1 Å². The summed E-state index contributed by atoms with van der Waals surface area (Å²) in [6, 6.07) is 8.90. The van der Waals surface area contributed by atoms with Crippen LogP contribution in [0, 0.1) is 0 Å². The van der Waals surface area contributed by atoms with Crippen LogP contribution in [0.3, 0.4) is 0 Å². The highest BCUT2D eigenvalue weighted by atomic mass is 16.4. The molecular formula is C16H17NO4. The number of aliphatic carboxylic acids is 1. The summed E-state index contributed by atoms with van der Waals surface area (Å²) in [5, 5.41) is 8.90. The highest BCUT2D eigenvalue weighted by Crippen LogP contribution is 2.21. The van der Waals surface area contributed by atoms with Gasteiger partial charge in [-0.05, 0) is 30.2 Å². The van der Waals surface area contributed by atoms with Crippen molar-refractivity contribution >= 4 is 11.9 Å². The molecule has 1 heterocycles. The molecule has 0 bridgehead atoms. The van der Waals surface area contributed by atoms with E-state index < -0.39 is 5.97 Å². The highest BCUT2D eigenvalue weighted by Gasteiger charge is 2.18. The van der Waals surface area contributed by atoms with Gasteiger partial charge in [-0.1, -0.05) is 19.1 Å². The Morgan fingerprint density at radius 1 is 1.24 bits per heavy atom. The van der Waals surface area contributed by atoms with Crippen molar-refractivity contribution in [2.75, 3.05) is 13.1 Å². The van der Waals surface area contributed by atoms with Gasteiger partial charge in [0.1, 0.15) is 6.54 Å². The van der Waals surface area contributed by atoms with E-state index in [4.69, 9.17) is 9.52 Å². The zero-order chi connectivity index (χ0) is 15.2. The molecule has 0 saturated carbocycles. The molecule has 0 saturated heterocycles. The van der Waals surface area contributed by atoms with Gasteiger partial charge in [-0.3, -0.25) is 9.59 Å². The van der Waals surface area contributed by atoms with Gasteiger partial charge in [-0.25, -0.2) is 0 Å². The first-order chi connectivity index (χ1) is 10.1. The molecule has 0 fully saturated rings. The van der Waals surface area contributed by atoms with Crippen molar-refractivity contribution in [2.24, 2.45) is 0 Å². The van der Waals surface area contributed by atoms with Crippen LogP contribution in [0.2, 0.25) is 0 Å². The molecule has 1 aromatic carbocycles. The Bertz CT molecular complexity index is 619. The molecule has 110 valence electrons. The van der Waals surface area contributed by atoms with Gasteiger partial charge in [0.25, 0.3) is 5.91 Å². The Balaban J connectivity index is 2.25. The molecule has 5 nitrogen and oxygen atoms in total. The number of hydrogen-bond donors (Lipinski definition) is 1. The molecule has 0 atom stereocenters. The van der Waals surface area contributed by atoms with E-state index in [1.54, 1.807) is 30.7 Å². The molecule has 0 radical (unpaired) electrons. The van der Waals surface area contributed by atoms with Crippen molar-refractivity contribution in [3.8, 4) is 11.1 Å². The van der Waals surface area contributed by atoms with E-state index in [0.29, 0.717) is 18.5 Å². The van der Waals surface area contributed by atoms with E-state index in [9.17, 15) is 9.59 Å². The zero-order valence-electron chi connectivity index (χ0n) is 11.8. The van der Waals surface area contributed by atoms with Crippen LogP contribution in [0.4, 0.5) is 0 Å². The molecule has 0 spiro atoms. The fourth-order valence-corrected chi connectivity index (χ4v) is 2.13. The van der Waals surface area contributed by atoms with Crippen LogP contribution in [-0.2, 0) is 4.79 Å². The first kappa shape index (κ1) is 14.8. The molecular weight excluding hydrogens is 270 g/mol. The van der Waals surface area contributed by atoms with Gasteiger partial charge in [-0.2, -0.15) is 0 Å². The van der Waals surface area contributed by atoms with Gasteiger partial charge in [0.05, 0.1) is 12.5 Å². The van der Waals surface area contributed by atoms with Gasteiger partial charge in [0.15, 0.2) is 0 Å². The Morgan fingerprint density at radius 3 is 2.67 bits per heavy atom. The minimum Gasteiger partial charge on any atom is -0.480 e. The van der Waals surface area contributed by atoms with E-state index in [1.165, 1.54) is 4.90 Å². The normalized spacial score (nSPS) is 10.3. The van der Waals surface area contributed by atoms with Crippen molar-refractivity contribution in [1.29, 1.82) is 0 Å². The van der Waals surface area contributed by atoms with Gasteiger partial charge in [0.2, 0.25) is 0 Å². The maximum Gasteiger partial charge on any atom is 0.323 e. The quantitative estimate of drug-likeness (QED) is 0.886. The second-order valence-corrected chi connectivity index (χ2v) is 4.71. The minimum atomic E-state index is -1.01. The lowest BCUT2D eigenvalue weighted by Crippen LogP contribution is -2.36. The summed E-state index contributed by atoms with van der Waals surface area (Å²) < 4.78 is 5.03. The second kappa shape index (κ2) is 6.74. The van der Waals surface area contributed by atoms with Gasteiger partial charge >= 0.3 is 5.97 Å². The summed E-state index contributed by atoms with van der Waals surface area (Å²) >= 11 is 0. The van der Waals surface area contributed by atoms with Gasteiger partial charge in [0, 0.05) is 17.7 Å². The largest absolute Gasteiger partial charge is 0.480 e. The number of furan rings is 1. The predicted molar refractivity (Wildman–Crippen MR) is 78.0 cm³/mol. The Hall–Kier alpha value is -2.56. The number of nitrogens with zero attached hydrogens (tertiary/aromatic N) is 1. The number of rotatable bonds is 6. The summed E-state index contributed by atoms with van der Waals surface area (Å²) in [4.78, 5) is 24.6. The third-order valence-corrected chi connectivity index (χ3v) is 3.07. The molecule has 2 aromatic rings. The van der Waals surface area contributed by atoms with Crippen LogP contribution in [0.1, 0.15) is 23.7 Å².